The Morgan fingerprint density at radius 3 is 2.65 bits per heavy atom. The maximum Gasteiger partial charge on any atom is 0.0964 e. The number of fused-ring (bicyclic) bond motifs is 1. The van der Waals surface area contributed by atoms with Gasteiger partial charge in [-0.25, -0.2) is 4.98 Å². The van der Waals surface area contributed by atoms with Crippen molar-refractivity contribution in [2.75, 3.05) is 0 Å². The van der Waals surface area contributed by atoms with Crippen LogP contribution in [0.5, 0.6) is 0 Å². The first-order valence-electron chi connectivity index (χ1n) is 6.80. The summed E-state index contributed by atoms with van der Waals surface area (Å²) in [7, 11) is 0. The minimum atomic E-state index is 0.0349. The zero-order valence-corrected chi connectivity index (χ0v) is 12.8. The van der Waals surface area contributed by atoms with E-state index in [1.165, 1.54) is 16.0 Å². The number of nitrogens with two attached hydrogens (primary N) is 1. The van der Waals surface area contributed by atoms with E-state index in [0.717, 1.165) is 11.0 Å². The molecule has 0 radical (unpaired) electrons. The first kappa shape index (κ1) is 13.3. The summed E-state index contributed by atoms with van der Waals surface area (Å²) in [6.07, 6.45) is 1.91. The van der Waals surface area contributed by atoms with Crippen molar-refractivity contribution >= 4 is 22.4 Å². The zero-order valence-electron chi connectivity index (χ0n) is 12.0. The van der Waals surface area contributed by atoms with Crippen LogP contribution in [0.3, 0.4) is 0 Å². The Balaban J connectivity index is 2.19. The van der Waals surface area contributed by atoms with Gasteiger partial charge in [0.15, 0.2) is 0 Å². The van der Waals surface area contributed by atoms with Gasteiger partial charge in [-0.1, -0.05) is 6.07 Å². The molecule has 0 spiro atoms. The van der Waals surface area contributed by atoms with Crippen LogP contribution in [0.1, 0.15) is 29.0 Å². The van der Waals surface area contributed by atoms with Crippen LogP contribution in [-0.4, -0.2) is 15.6 Å². The van der Waals surface area contributed by atoms with E-state index >= 15 is 0 Å². The van der Waals surface area contributed by atoms with Gasteiger partial charge in [-0.05, 0) is 55.5 Å². The number of aromatic nitrogens is 2. The molecule has 1 aromatic carbocycles. The van der Waals surface area contributed by atoms with E-state index in [2.05, 4.69) is 60.0 Å². The molecule has 2 unspecified atom stereocenters. The summed E-state index contributed by atoms with van der Waals surface area (Å²) in [6, 6.07) is 8.75. The molecule has 0 aliphatic rings. The average Bonchev–Trinajstić information content (AvgIpc) is 3.02. The Hall–Kier alpha value is -1.65. The summed E-state index contributed by atoms with van der Waals surface area (Å²) in [4.78, 5) is 5.82. The number of benzene rings is 1. The summed E-state index contributed by atoms with van der Waals surface area (Å²) in [6.45, 7) is 6.31. The van der Waals surface area contributed by atoms with Crippen LogP contribution in [0, 0.1) is 13.8 Å². The van der Waals surface area contributed by atoms with Crippen molar-refractivity contribution in [3.05, 3.63) is 52.0 Å². The van der Waals surface area contributed by atoms with Crippen LogP contribution in [-0.2, 0) is 0 Å². The molecule has 2 heterocycles. The fraction of sp³-hybridized carbons (Fsp3) is 0.312. The molecule has 0 aliphatic carbocycles. The second-order valence-corrected chi connectivity index (χ2v) is 6.38. The molecule has 0 saturated carbocycles. The average molecular weight is 285 g/mol. The predicted octanol–water partition coefficient (Wildman–Crippen LogP) is 3.65. The van der Waals surface area contributed by atoms with E-state index in [4.69, 9.17) is 5.73 Å². The molecule has 2 N–H and O–H groups in total. The lowest BCUT2D eigenvalue weighted by Crippen LogP contribution is -2.29. The van der Waals surface area contributed by atoms with Gasteiger partial charge >= 0.3 is 0 Å². The van der Waals surface area contributed by atoms with E-state index in [9.17, 15) is 0 Å². The number of thiophene rings is 1. The third-order valence-electron chi connectivity index (χ3n) is 3.82. The SMILES string of the molecule is Cc1cc2ncn(C(c3cccs3)C(C)N)c2cc1C. The molecule has 4 heteroatoms. The van der Waals surface area contributed by atoms with Crippen LogP contribution in [0.2, 0.25) is 0 Å². The highest BCUT2D eigenvalue weighted by molar-refractivity contribution is 7.10. The zero-order chi connectivity index (χ0) is 14.3. The van der Waals surface area contributed by atoms with Crippen LogP contribution in [0.4, 0.5) is 0 Å². The molecular weight excluding hydrogens is 266 g/mol. The van der Waals surface area contributed by atoms with Gasteiger partial charge in [0.2, 0.25) is 0 Å². The van der Waals surface area contributed by atoms with E-state index in [1.54, 1.807) is 11.3 Å². The second-order valence-electron chi connectivity index (χ2n) is 5.40. The molecule has 2 aromatic heterocycles. The minimum absolute atomic E-state index is 0.0349. The maximum absolute atomic E-state index is 6.24. The molecule has 0 aliphatic heterocycles. The highest BCUT2D eigenvalue weighted by Crippen LogP contribution is 2.29. The van der Waals surface area contributed by atoms with Gasteiger partial charge in [0, 0.05) is 10.9 Å². The third-order valence-corrected chi connectivity index (χ3v) is 4.77. The lowest BCUT2D eigenvalue weighted by Gasteiger charge is -2.22. The normalized spacial score (nSPS) is 14.6. The van der Waals surface area contributed by atoms with Gasteiger partial charge in [0.25, 0.3) is 0 Å². The number of hydrogen-bond donors (Lipinski definition) is 1. The topological polar surface area (TPSA) is 43.8 Å². The number of aryl methyl sites for hydroxylation is 2. The molecule has 0 fully saturated rings. The lowest BCUT2D eigenvalue weighted by molar-refractivity contribution is 0.514. The molecule has 3 rings (SSSR count). The highest BCUT2D eigenvalue weighted by Gasteiger charge is 2.21. The molecule has 104 valence electrons. The number of imidazole rings is 1. The number of nitrogens with zero attached hydrogens (tertiary/aromatic N) is 2. The molecule has 0 bridgehead atoms. The molecule has 0 amide bonds. The van der Waals surface area contributed by atoms with Crippen molar-refractivity contribution in [2.24, 2.45) is 5.73 Å². The van der Waals surface area contributed by atoms with Crippen LogP contribution < -0.4 is 5.73 Å². The Morgan fingerprint density at radius 2 is 2.00 bits per heavy atom. The molecule has 3 nitrogen and oxygen atoms in total. The van der Waals surface area contributed by atoms with Crippen molar-refractivity contribution in [3.8, 4) is 0 Å². The van der Waals surface area contributed by atoms with Crippen LogP contribution in [0.25, 0.3) is 11.0 Å². The Labute approximate surface area is 123 Å². The maximum atomic E-state index is 6.24. The summed E-state index contributed by atoms with van der Waals surface area (Å²) in [5.41, 5.74) is 11.0. The summed E-state index contributed by atoms with van der Waals surface area (Å²) >= 11 is 1.74. The monoisotopic (exact) mass is 285 g/mol. The first-order valence-corrected chi connectivity index (χ1v) is 7.68. The van der Waals surface area contributed by atoms with Gasteiger partial charge in [-0.3, -0.25) is 0 Å². The van der Waals surface area contributed by atoms with E-state index < -0.39 is 0 Å². The van der Waals surface area contributed by atoms with Gasteiger partial charge in [0.05, 0.1) is 23.4 Å². The van der Waals surface area contributed by atoms with Crippen molar-refractivity contribution in [1.82, 2.24) is 9.55 Å². The molecule has 2 atom stereocenters. The minimum Gasteiger partial charge on any atom is -0.326 e. The lowest BCUT2D eigenvalue weighted by atomic mass is 10.1. The van der Waals surface area contributed by atoms with Gasteiger partial charge in [-0.15, -0.1) is 11.3 Å². The van der Waals surface area contributed by atoms with Crippen LogP contribution >= 0.6 is 11.3 Å². The van der Waals surface area contributed by atoms with E-state index in [1.807, 2.05) is 6.33 Å². The van der Waals surface area contributed by atoms with Gasteiger partial charge in [-0.2, -0.15) is 0 Å². The molecule has 3 aromatic rings. The van der Waals surface area contributed by atoms with Crippen molar-refractivity contribution in [1.29, 1.82) is 0 Å². The Morgan fingerprint density at radius 1 is 1.25 bits per heavy atom. The Bertz CT molecular complexity index is 726. The van der Waals surface area contributed by atoms with E-state index in [0.29, 0.717) is 0 Å². The largest absolute Gasteiger partial charge is 0.326 e. The molecule has 0 saturated heterocycles. The second kappa shape index (κ2) is 5.04. The highest BCUT2D eigenvalue weighted by atomic mass is 32.1. The fourth-order valence-corrected chi connectivity index (χ4v) is 3.55. The summed E-state index contributed by atoms with van der Waals surface area (Å²) in [5.74, 6) is 0. The predicted molar refractivity (Wildman–Crippen MR) is 85.3 cm³/mol. The van der Waals surface area contributed by atoms with Crippen LogP contribution in [0.15, 0.2) is 36.0 Å². The van der Waals surface area contributed by atoms with Gasteiger partial charge < -0.3 is 10.3 Å². The van der Waals surface area contributed by atoms with Crippen molar-refractivity contribution < 1.29 is 0 Å². The first-order chi connectivity index (χ1) is 9.58. The third kappa shape index (κ3) is 2.15. The summed E-state index contributed by atoms with van der Waals surface area (Å²) < 4.78 is 2.21. The number of rotatable bonds is 3. The molecular formula is C16H19N3S. The van der Waals surface area contributed by atoms with Crippen molar-refractivity contribution in [2.45, 2.75) is 32.9 Å². The van der Waals surface area contributed by atoms with Gasteiger partial charge in [0.1, 0.15) is 0 Å². The summed E-state index contributed by atoms with van der Waals surface area (Å²) in [5, 5.41) is 2.10. The fourth-order valence-electron chi connectivity index (χ4n) is 2.61. The Kier molecular flexibility index (Phi) is 3.36. The quantitative estimate of drug-likeness (QED) is 0.798. The molecule has 20 heavy (non-hydrogen) atoms. The smallest absolute Gasteiger partial charge is 0.0964 e. The van der Waals surface area contributed by atoms with Crippen molar-refractivity contribution in [3.63, 3.8) is 0 Å². The van der Waals surface area contributed by atoms with E-state index in [-0.39, 0.29) is 12.1 Å². The number of hydrogen-bond acceptors (Lipinski definition) is 3. The standard InChI is InChI=1S/C16H19N3S/c1-10-7-13-14(8-11(10)2)19(9-18-13)16(12(3)17)15-5-4-6-20-15/h4-9,12,16H,17H2,1-3H3.